The summed E-state index contributed by atoms with van der Waals surface area (Å²) in [6.45, 7) is 1.20. The maximum Gasteiger partial charge on any atom is 0.274 e. The van der Waals surface area contributed by atoms with Crippen molar-refractivity contribution in [2.24, 2.45) is 0 Å². The lowest BCUT2D eigenvalue weighted by Crippen LogP contribution is -2.31. The first-order valence-electron chi connectivity index (χ1n) is 8.28. The summed E-state index contributed by atoms with van der Waals surface area (Å²) in [4.78, 5) is 27.9. The Labute approximate surface area is 143 Å². The summed E-state index contributed by atoms with van der Waals surface area (Å²) in [6.07, 6.45) is 3.44. The van der Waals surface area contributed by atoms with Crippen LogP contribution in [0.25, 0.3) is 16.9 Å². The third-order valence-electron chi connectivity index (χ3n) is 4.34. The molecule has 0 aliphatic carbocycles. The Morgan fingerprint density at radius 1 is 1.36 bits per heavy atom. The molecule has 0 spiro atoms. The molecule has 2 N–H and O–H groups in total. The Bertz CT molecular complexity index is 955. The lowest BCUT2D eigenvalue weighted by Gasteiger charge is -2.10. The van der Waals surface area contributed by atoms with E-state index in [1.807, 2.05) is 30.3 Å². The molecule has 1 aromatic carbocycles. The van der Waals surface area contributed by atoms with Crippen LogP contribution in [0, 0.1) is 0 Å². The standard InChI is InChI=1S/C18H18N4O3/c23-16-9-15(12-5-2-1-3-6-12)21-17-14(11-20-22(16)17)18(24)19-10-13-7-4-8-25-13/h1-3,5-6,9,11,13,21H,4,7-8,10H2,(H,19,24). The molecule has 0 bridgehead atoms. The number of hydrogen-bond acceptors (Lipinski definition) is 4. The number of amides is 1. The fraction of sp³-hybridized carbons (Fsp3) is 0.278. The molecule has 0 radical (unpaired) electrons. The highest BCUT2D eigenvalue weighted by molar-refractivity contribution is 5.99. The van der Waals surface area contributed by atoms with Crippen molar-refractivity contribution >= 4 is 11.6 Å². The van der Waals surface area contributed by atoms with Gasteiger partial charge in [-0.15, -0.1) is 0 Å². The molecule has 1 saturated heterocycles. The van der Waals surface area contributed by atoms with Crippen molar-refractivity contribution < 1.29 is 9.53 Å². The number of rotatable bonds is 4. The summed E-state index contributed by atoms with van der Waals surface area (Å²) in [5.41, 5.74) is 1.95. The van der Waals surface area contributed by atoms with E-state index in [1.54, 1.807) is 0 Å². The summed E-state index contributed by atoms with van der Waals surface area (Å²) in [7, 11) is 0. The Morgan fingerprint density at radius 2 is 2.20 bits per heavy atom. The highest BCUT2D eigenvalue weighted by Crippen LogP contribution is 2.17. The van der Waals surface area contributed by atoms with Crippen LogP contribution < -0.4 is 10.9 Å². The van der Waals surface area contributed by atoms with Crippen LogP contribution in [-0.2, 0) is 4.74 Å². The quantitative estimate of drug-likeness (QED) is 0.756. The first kappa shape index (κ1) is 15.6. The van der Waals surface area contributed by atoms with E-state index < -0.39 is 0 Å². The molecule has 0 saturated carbocycles. The first-order valence-corrected chi connectivity index (χ1v) is 8.28. The summed E-state index contributed by atoms with van der Waals surface area (Å²) in [6, 6.07) is 11.0. The molecular weight excluding hydrogens is 320 g/mol. The number of fused-ring (bicyclic) bond motifs is 1. The van der Waals surface area contributed by atoms with Gasteiger partial charge in [0.15, 0.2) is 5.65 Å². The Morgan fingerprint density at radius 3 is 2.96 bits per heavy atom. The molecule has 1 aliphatic rings. The second kappa shape index (κ2) is 6.52. The molecule has 1 fully saturated rings. The minimum absolute atomic E-state index is 0.0599. The van der Waals surface area contributed by atoms with Crippen LogP contribution in [0.5, 0.6) is 0 Å². The number of aromatic amines is 1. The highest BCUT2D eigenvalue weighted by atomic mass is 16.5. The third kappa shape index (κ3) is 3.06. The van der Waals surface area contributed by atoms with Crippen LogP contribution in [0.2, 0.25) is 0 Å². The lowest BCUT2D eigenvalue weighted by atomic mass is 10.1. The largest absolute Gasteiger partial charge is 0.376 e. The van der Waals surface area contributed by atoms with Gasteiger partial charge in [0.2, 0.25) is 0 Å². The molecule has 25 heavy (non-hydrogen) atoms. The number of H-pyrrole nitrogens is 1. The normalized spacial score (nSPS) is 17.0. The number of nitrogens with zero attached hydrogens (tertiary/aromatic N) is 2. The molecule has 7 heteroatoms. The molecule has 1 unspecified atom stereocenters. The Hall–Kier alpha value is -2.93. The van der Waals surface area contributed by atoms with Crippen LogP contribution in [0.1, 0.15) is 23.2 Å². The molecule has 3 heterocycles. The molecule has 7 nitrogen and oxygen atoms in total. The summed E-state index contributed by atoms with van der Waals surface area (Å²) < 4.78 is 6.71. The van der Waals surface area contributed by atoms with Gasteiger partial charge in [-0.2, -0.15) is 9.61 Å². The second-order valence-corrected chi connectivity index (χ2v) is 6.05. The van der Waals surface area contributed by atoms with Crippen molar-refractivity contribution in [1.82, 2.24) is 19.9 Å². The van der Waals surface area contributed by atoms with Crippen molar-refractivity contribution in [3.8, 4) is 11.3 Å². The van der Waals surface area contributed by atoms with Crippen LogP contribution in [0.4, 0.5) is 0 Å². The second-order valence-electron chi connectivity index (χ2n) is 6.05. The van der Waals surface area contributed by atoms with E-state index in [0.717, 1.165) is 25.0 Å². The van der Waals surface area contributed by atoms with Gasteiger partial charge < -0.3 is 15.0 Å². The molecule has 2 aromatic heterocycles. The van der Waals surface area contributed by atoms with Crippen molar-refractivity contribution in [3.63, 3.8) is 0 Å². The monoisotopic (exact) mass is 338 g/mol. The molecule has 1 amide bonds. The number of nitrogens with one attached hydrogen (secondary N) is 2. The minimum atomic E-state index is -0.286. The summed E-state index contributed by atoms with van der Waals surface area (Å²) in [5.74, 6) is -0.272. The minimum Gasteiger partial charge on any atom is -0.376 e. The number of carbonyl (C=O) groups excluding carboxylic acids is 1. The van der Waals surface area contributed by atoms with Gasteiger partial charge in [0.1, 0.15) is 5.56 Å². The zero-order chi connectivity index (χ0) is 17.2. The third-order valence-corrected chi connectivity index (χ3v) is 4.34. The van der Waals surface area contributed by atoms with Gasteiger partial charge in [-0.05, 0) is 18.4 Å². The summed E-state index contributed by atoms with van der Waals surface area (Å²) >= 11 is 0. The van der Waals surface area contributed by atoms with Gasteiger partial charge in [-0.3, -0.25) is 9.59 Å². The average Bonchev–Trinajstić information content (AvgIpc) is 3.30. The number of benzene rings is 1. The topological polar surface area (TPSA) is 88.5 Å². The van der Waals surface area contributed by atoms with Crippen molar-refractivity contribution in [1.29, 1.82) is 0 Å². The van der Waals surface area contributed by atoms with Gasteiger partial charge >= 0.3 is 0 Å². The van der Waals surface area contributed by atoms with Gasteiger partial charge in [-0.1, -0.05) is 30.3 Å². The fourth-order valence-electron chi connectivity index (χ4n) is 3.03. The number of ether oxygens (including phenoxy) is 1. The molecule has 1 atom stereocenters. The Balaban J connectivity index is 1.66. The molecular formula is C18H18N4O3. The van der Waals surface area contributed by atoms with Gasteiger partial charge in [0.25, 0.3) is 11.5 Å². The van der Waals surface area contributed by atoms with E-state index in [0.29, 0.717) is 23.4 Å². The predicted octanol–water partition coefficient (Wildman–Crippen LogP) is 1.60. The zero-order valence-electron chi connectivity index (χ0n) is 13.6. The summed E-state index contributed by atoms with van der Waals surface area (Å²) in [5, 5.41) is 6.89. The van der Waals surface area contributed by atoms with Crippen molar-refractivity contribution in [2.75, 3.05) is 13.2 Å². The van der Waals surface area contributed by atoms with E-state index >= 15 is 0 Å². The lowest BCUT2D eigenvalue weighted by molar-refractivity contribution is 0.0859. The maximum absolute atomic E-state index is 12.5. The van der Waals surface area contributed by atoms with Crippen LogP contribution >= 0.6 is 0 Å². The van der Waals surface area contributed by atoms with E-state index in [2.05, 4.69) is 15.4 Å². The van der Waals surface area contributed by atoms with Crippen LogP contribution in [0.3, 0.4) is 0 Å². The van der Waals surface area contributed by atoms with Crippen molar-refractivity contribution in [3.05, 3.63) is 58.5 Å². The molecule has 3 aromatic rings. The fourth-order valence-corrected chi connectivity index (χ4v) is 3.03. The van der Waals surface area contributed by atoms with E-state index in [9.17, 15) is 9.59 Å². The van der Waals surface area contributed by atoms with E-state index in [4.69, 9.17) is 4.74 Å². The maximum atomic E-state index is 12.5. The highest BCUT2D eigenvalue weighted by Gasteiger charge is 2.19. The van der Waals surface area contributed by atoms with Gasteiger partial charge in [0.05, 0.1) is 18.0 Å². The first-order chi connectivity index (χ1) is 12.2. The van der Waals surface area contributed by atoms with Crippen molar-refractivity contribution in [2.45, 2.75) is 18.9 Å². The number of hydrogen-bond donors (Lipinski definition) is 2. The number of aromatic nitrogens is 3. The molecule has 128 valence electrons. The van der Waals surface area contributed by atoms with Gasteiger partial charge in [0, 0.05) is 19.2 Å². The van der Waals surface area contributed by atoms with E-state index in [-0.39, 0.29) is 17.6 Å². The van der Waals surface area contributed by atoms with E-state index in [1.165, 1.54) is 16.8 Å². The smallest absolute Gasteiger partial charge is 0.274 e. The van der Waals surface area contributed by atoms with Crippen LogP contribution in [-0.4, -0.2) is 39.8 Å². The molecule has 1 aliphatic heterocycles. The van der Waals surface area contributed by atoms with Gasteiger partial charge in [-0.25, -0.2) is 0 Å². The number of carbonyl (C=O) groups is 1. The Kier molecular flexibility index (Phi) is 4.07. The molecule has 4 rings (SSSR count). The zero-order valence-corrected chi connectivity index (χ0v) is 13.6. The SMILES string of the molecule is O=C(NCC1CCCO1)c1cnn2c(=O)cc(-c3ccccc3)[nH]c12. The average molecular weight is 338 g/mol. The predicted molar refractivity (Wildman–Crippen MR) is 92.6 cm³/mol. The van der Waals surface area contributed by atoms with Crippen LogP contribution in [0.15, 0.2) is 47.4 Å².